The number of fused-ring (bicyclic) bond motifs is 3. The van der Waals surface area contributed by atoms with Gasteiger partial charge in [-0.05, 0) is 53.8 Å². The highest BCUT2D eigenvalue weighted by molar-refractivity contribution is 7.98. The van der Waals surface area contributed by atoms with Gasteiger partial charge < -0.3 is 10.5 Å². The van der Waals surface area contributed by atoms with Crippen LogP contribution >= 0.6 is 23.1 Å². The van der Waals surface area contributed by atoms with Crippen LogP contribution in [-0.4, -0.2) is 37.3 Å². The zero-order valence-corrected chi connectivity index (χ0v) is 18.2. The number of ether oxygens (including phenoxy) is 1. The molecule has 1 aliphatic rings. The number of nitrogens with zero attached hydrogens (tertiary/aromatic N) is 6. The van der Waals surface area contributed by atoms with E-state index < -0.39 is 0 Å². The van der Waals surface area contributed by atoms with Crippen LogP contribution in [0.4, 0.5) is 5.82 Å². The second-order valence-electron chi connectivity index (χ2n) is 7.10. The van der Waals surface area contributed by atoms with Crippen LogP contribution in [0.3, 0.4) is 0 Å². The fourth-order valence-corrected chi connectivity index (χ4v) is 5.85. The topological polar surface area (TPSA) is 105 Å². The summed E-state index contributed by atoms with van der Waals surface area (Å²) >= 11 is 3.24. The predicted octanol–water partition coefficient (Wildman–Crippen LogP) is 3.82. The Morgan fingerprint density at radius 1 is 1.17 bits per heavy atom. The van der Waals surface area contributed by atoms with Gasteiger partial charge in [0.15, 0.2) is 0 Å². The third-order valence-corrected chi connectivity index (χ3v) is 7.32. The minimum Gasteiger partial charge on any atom is -0.494 e. The molecular formula is C20H21N7OS2. The molecule has 2 N–H and O–H groups in total. The number of aromatic nitrogens is 6. The second-order valence-corrected chi connectivity index (χ2v) is 9.13. The Kier molecular flexibility index (Phi) is 5.26. The number of para-hydroxylation sites is 2. The predicted molar refractivity (Wildman–Crippen MR) is 118 cm³/mol. The van der Waals surface area contributed by atoms with E-state index in [4.69, 9.17) is 15.5 Å². The van der Waals surface area contributed by atoms with Crippen molar-refractivity contribution in [2.45, 2.75) is 43.0 Å². The van der Waals surface area contributed by atoms with Crippen molar-refractivity contribution in [1.29, 1.82) is 0 Å². The number of nitrogens with two attached hydrogens (primary N) is 1. The van der Waals surface area contributed by atoms with Gasteiger partial charge in [0.25, 0.3) is 0 Å². The number of benzene rings is 1. The lowest BCUT2D eigenvalue weighted by Gasteiger charge is -2.09. The summed E-state index contributed by atoms with van der Waals surface area (Å²) in [6.45, 7) is 0. The molecule has 0 aliphatic heterocycles. The first kappa shape index (κ1) is 19.3. The molecule has 3 aromatic heterocycles. The van der Waals surface area contributed by atoms with E-state index in [2.05, 4.69) is 20.5 Å². The highest BCUT2D eigenvalue weighted by Gasteiger charge is 2.20. The lowest BCUT2D eigenvalue weighted by atomic mass is 10.1. The van der Waals surface area contributed by atoms with Crippen LogP contribution in [0.5, 0.6) is 5.75 Å². The largest absolute Gasteiger partial charge is 0.494 e. The van der Waals surface area contributed by atoms with Crippen LogP contribution in [0.15, 0.2) is 29.4 Å². The molecule has 3 heterocycles. The molecule has 0 saturated heterocycles. The van der Waals surface area contributed by atoms with Crippen LogP contribution in [0, 0.1) is 0 Å². The molecule has 4 aromatic rings. The summed E-state index contributed by atoms with van der Waals surface area (Å²) < 4.78 is 7.10. The van der Waals surface area contributed by atoms with E-state index in [0.717, 1.165) is 28.7 Å². The molecule has 0 unspecified atom stereocenters. The summed E-state index contributed by atoms with van der Waals surface area (Å²) in [6.07, 6.45) is 5.92. The van der Waals surface area contributed by atoms with Crippen molar-refractivity contribution >= 4 is 39.1 Å². The van der Waals surface area contributed by atoms with Gasteiger partial charge in [-0.1, -0.05) is 30.3 Å². The Balaban J connectivity index is 1.42. The number of tetrazole rings is 1. The Morgan fingerprint density at radius 2 is 2.03 bits per heavy atom. The maximum Gasteiger partial charge on any atom is 0.214 e. The minimum atomic E-state index is 0.526. The number of hydrogen-bond acceptors (Lipinski definition) is 9. The van der Waals surface area contributed by atoms with Gasteiger partial charge in [-0.2, -0.15) is 4.68 Å². The molecule has 0 saturated carbocycles. The van der Waals surface area contributed by atoms with Crippen LogP contribution in [0.1, 0.15) is 35.5 Å². The molecule has 1 aliphatic carbocycles. The van der Waals surface area contributed by atoms with Crippen molar-refractivity contribution in [2.75, 3.05) is 12.8 Å². The number of aryl methyl sites for hydroxylation is 2. The van der Waals surface area contributed by atoms with E-state index in [1.165, 1.54) is 41.5 Å². The van der Waals surface area contributed by atoms with Crippen LogP contribution < -0.4 is 10.5 Å². The van der Waals surface area contributed by atoms with E-state index in [1.54, 1.807) is 23.1 Å². The van der Waals surface area contributed by atoms with Crippen LogP contribution in [0.25, 0.3) is 15.9 Å². The molecule has 1 aromatic carbocycles. The number of rotatable bonds is 5. The zero-order valence-electron chi connectivity index (χ0n) is 16.5. The summed E-state index contributed by atoms with van der Waals surface area (Å²) in [7, 11) is 1.63. The first-order valence-electron chi connectivity index (χ1n) is 9.86. The van der Waals surface area contributed by atoms with Crippen molar-refractivity contribution in [3.05, 3.63) is 40.5 Å². The quantitative estimate of drug-likeness (QED) is 0.370. The number of thiophene rings is 1. The Bertz CT molecular complexity index is 1200. The number of methoxy groups -OCH3 is 1. The van der Waals surface area contributed by atoms with E-state index in [-0.39, 0.29) is 0 Å². The highest BCUT2D eigenvalue weighted by Crippen LogP contribution is 2.37. The maximum absolute atomic E-state index is 6.37. The molecule has 30 heavy (non-hydrogen) atoms. The van der Waals surface area contributed by atoms with E-state index in [1.807, 2.05) is 24.3 Å². The minimum absolute atomic E-state index is 0.526. The molecule has 0 fully saturated rings. The lowest BCUT2D eigenvalue weighted by Crippen LogP contribution is -2.03. The van der Waals surface area contributed by atoms with E-state index in [0.29, 0.717) is 28.3 Å². The van der Waals surface area contributed by atoms with Crippen LogP contribution in [0.2, 0.25) is 0 Å². The molecule has 0 spiro atoms. The molecular weight excluding hydrogens is 418 g/mol. The van der Waals surface area contributed by atoms with Gasteiger partial charge in [-0.25, -0.2) is 9.97 Å². The summed E-state index contributed by atoms with van der Waals surface area (Å²) in [6, 6.07) is 7.63. The third-order valence-electron chi connectivity index (χ3n) is 5.22. The fourth-order valence-electron chi connectivity index (χ4n) is 3.83. The molecule has 0 amide bonds. The van der Waals surface area contributed by atoms with E-state index in [9.17, 15) is 0 Å². The maximum atomic E-state index is 6.37. The van der Waals surface area contributed by atoms with Gasteiger partial charge in [0.1, 0.15) is 27.9 Å². The Hall–Kier alpha value is -2.72. The van der Waals surface area contributed by atoms with Gasteiger partial charge in [0, 0.05) is 4.88 Å². The van der Waals surface area contributed by atoms with Gasteiger partial charge in [-0.15, -0.1) is 16.4 Å². The normalized spacial score (nSPS) is 13.9. The number of thioether (sulfide) groups is 1. The van der Waals surface area contributed by atoms with Crippen molar-refractivity contribution in [2.24, 2.45) is 0 Å². The Labute approximate surface area is 181 Å². The molecule has 154 valence electrons. The molecule has 0 atom stereocenters. The number of hydrogen-bond donors (Lipinski definition) is 1. The summed E-state index contributed by atoms with van der Waals surface area (Å²) in [5, 5.41) is 13.8. The highest BCUT2D eigenvalue weighted by atomic mass is 32.2. The average molecular weight is 440 g/mol. The van der Waals surface area contributed by atoms with Gasteiger partial charge in [-0.3, -0.25) is 0 Å². The number of anilines is 1. The average Bonchev–Trinajstić information content (AvgIpc) is 3.30. The van der Waals surface area contributed by atoms with Crippen LogP contribution in [-0.2, 0) is 18.6 Å². The zero-order chi connectivity index (χ0) is 20.5. The Morgan fingerprint density at radius 3 is 2.93 bits per heavy atom. The first-order chi connectivity index (χ1) is 14.7. The molecule has 0 radical (unpaired) electrons. The summed E-state index contributed by atoms with van der Waals surface area (Å²) in [5.74, 6) is 2.50. The number of nitrogen functional groups attached to an aromatic ring is 1. The summed E-state index contributed by atoms with van der Waals surface area (Å²) in [5.41, 5.74) is 8.52. The van der Waals surface area contributed by atoms with Crippen molar-refractivity contribution in [1.82, 2.24) is 30.2 Å². The molecule has 0 bridgehead atoms. The van der Waals surface area contributed by atoms with Gasteiger partial charge in [0.2, 0.25) is 5.16 Å². The van der Waals surface area contributed by atoms with Crippen molar-refractivity contribution < 1.29 is 4.74 Å². The molecule has 5 rings (SSSR count). The lowest BCUT2D eigenvalue weighted by molar-refractivity contribution is 0.410. The van der Waals surface area contributed by atoms with E-state index >= 15 is 0 Å². The van der Waals surface area contributed by atoms with Crippen molar-refractivity contribution in [3.63, 3.8) is 0 Å². The first-order valence-corrected chi connectivity index (χ1v) is 11.7. The standard InChI is InChI=1S/C20H21N7OS2/c1-28-14-9-6-5-8-13(14)27-20(24-25-26-27)29-11-16-22-18(21)17-12-7-3-2-4-10-15(12)30-19(17)23-16/h5-6,8-9H,2-4,7,10-11H2,1H3,(H2,21,22,23). The fraction of sp³-hybridized carbons (Fsp3) is 0.350. The third kappa shape index (κ3) is 3.50. The molecule has 8 nitrogen and oxygen atoms in total. The monoisotopic (exact) mass is 439 g/mol. The SMILES string of the molecule is COc1ccccc1-n1nnnc1SCc1nc(N)c2c3c(sc2n1)CCCCC3. The van der Waals surface area contributed by atoms with Gasteiger partial charge >= 0.3 is 0 Å². The molecule has 10 heteroatoms. The smallest absolute Gasteiger partial charge is 0.214 e. The van der Waals surface area contributed by atoms with Gasteiger partial charge in [0.05, 0.1) is 18.2 Å². The summed E-state index contributed by atoms with van der Waals surface area (Å²) in [4.78, 5) is 11.8. The second kappa shape index (κ2) is 8.19. The van der Waals surface area contributed by atoms with Crippen molar-refractivity contribution in [3.8, 4) is 11.4 Å².